The number of carbonyl (C=O) groups excluding carboxylic acids is 3. The molecule has 134 valence electrons. The van der Waals surface area contributed by atoms with E-state index in [1.54, 1.807) is 42.5 Å². The molecule has 0 aliphatic carbocycles. The summed E-state index contributed by atoms with van der Waals surface area (Å²) in [6.07, 6.45) is 2.63. The standard InChI is InChI=1S/C19H15Cl2NO4/c1-12(23)22-15-8-5-13(6-9-15)17(24)11-26-18(25)10-7-14-3-2-4-16(20)19(14)21/h2-10H,11H2,1H3,(H,22,23)/b10-7+. The maximum absolute atomic E-state index is 12.0. The number of carbonyl (C=O) groups is 3. The fraction of sp³-hybridized carbons (Fsp3) is 0.105. The van der Waals surface area contributed by atoms with E-state index in [0.717, 1.165) is 0 Å². The number of ketones is 1. The minimum Gasteiger partial charge on any atom is -0.454 e. The fourth-order valence-corrected chi connectivity index (χ4v) is 2.39. The van der Waals surface area contributed by atoms with Gasteiger partial charge in [0.25, 0.3) is 0 Å². The zero-order valence-electron chi connectivity index (χ0n) is 13.8. The van der Waals surface area contributed by atoms with Gasteiger partial charge in [-0.2, -0.15) is 0 Å². The first-order valence-electron chi connectivity index (χ1n) is 7.56. The maximum Gasteiger partial charge on any atom is 0.331 e. The highest BCUT2D eigenvalue weighted by Crippen LogP contribution is 2.26. The van der Waals surface area contributed by atoms with E-state index in [2.05, 4.69) is 5.32 Å². The van der Waals surface area contributed by atoms with Crippen LogP contribution in [0.3, 0.4) is 0 Å². The van der Waals surface area contributed by atoms with Gasteiger partial charge in [-0.15, -0.1) is 0 Å². The molecule has 0 spiro atoms. The van der Waals surface area contributed by atoms with Crippen LogP contribution < -0.4 is 5.32 Å². The molecule has 0 aromatic heterocycles. The number of esters is 1. The molecule has 0 aliphatic rings. The number of Topliss-reactive ketones (excluding diaryl/α,β-unsaturated/α-hetero) is 1. The van der Waals surface area contributed by atoms with Crippen molar-refractivity contribution in [1.82, 2.24) is 0 Å². The van der Waals surface area contributed by atoms with Crippen LogP contribution in [-0.4, -0.2) is 24.3 Å². The third kappa shape index (κ3) is 5.72. The molecule has 0 saturated carbocycles. The van der Waals surface area contributed by atoms with Gasteiger partial charge in [-0.25, -0.2) is 4.79 Å². The topological polar surface area (TPSA) is 72.5 Å². The number of nitrogens with one attached hydrogen (secondary N) is 1. The van der Waals surface area contributed by atoms with Crippen molar-refractivity contribution < 1.29 is 19.1 Å². The Morgan fingerprint density at radius 3 is 2.42 bits per heavy atom. The molecule has 0 fully saturated rings. The average molecular weight is 392 g/mol. The summed E-state index contributed by atoms with van der Waals surface area (Å²) < 4.78 is 4.92. The second-order valence-corrected chi connectivity index (χ2v) is 6.05. The molecular weight excluding hydrogens is 377 g/mol. The number of rotatable bonds is 6. The molecule has 2 rings (SSSR count). The zero-order valence-corrected chi connectivity index (χ0v) is 15.3. The Bertz CT molecular complexity index is 860. The van der Waals surface area contributed by atoms with Crippen LogP contribution in [-0.2, 0) is 14.3 Å². The van der Waals surface area contributed by atoms with Gasteiger partial charge in [-0.1, -0.05) is 35.3 Å². The van der Waals surface area contributed by atoms with Gasteiger partial charge in [0.1, 0.15) is 0 Å². The molecule has 0 bridgehead atoms. The van der Waals surface area contributed by atoms with Gasteiger partial charge < -0.3 is 10.1 Å². The summed E-state index contributed by atoms with van der Waals surface area (Å²) in [7, 11) is 0. The van der Waals surface area contributed by atoms with E-state index in [9.17, 15) is 14.4 Å². The third-order valence-corrected chi connectivity index (χ3v) is 4.09. The van der Waals surface area contributed by atoms with Crippen LogP contribution in [0.5, 0.6) is 0 Å². The number of amides is 1. The molecular formula is C19H15Cl2NO4. The van der Waals surface area contributed by atoms with Crippen LogP contribution in [0.1, 0.15) is 22.8 Å². The first kappa shape index (κ1) is 19.7. The normalized spacial score (nSPS) is 10.6. The Balaban J connectivity index is 1.90. The first-order valence-corrected chi connectivity index (χ1v) is 8.32. The highest BCUT2D eigenvalue weighted by atomic mass is 35.5. The van der Waals surface area contributed by atoms with Crippen molar-refractivity contribution in [2.75, 3.05) is 11.9 Å². The van der Waals surface area contributed by atoms with E-state index in [1.807, 2.05) is 0 Å². The van der Waals surface area contributed by atoms with Crippen LogP contribution >= 0.6 is 23.2 Å². The van der Waals surface area contributed by atoms with Gasteiger partial charge in [0, 0.05) is 24.3 Å². The summed E-state index contributed by atoms with van der Waals surface area (Å²) in [5.41, 5.74) is 1.51. The zero-order chi connectivity index (χ0) is 19.1. The van der Waals surface area contributed by atoms with E-state index in [1.165, 1.54) is 19.1 Å². The number of ether oxygens (including phenoxy) is 1. The van der Waals surface area contributed by atoms with Crippen molar-refractivity contribution in [3.63, 3.8) is 0 Å². The molecule has 2 aromatic carbocycles. The SMILES string of the molecule is CC(=O)Nc1ccc(C(=O)COC(=O)/C=C/c2cccc(Cl)c2Cl)cc1. The number of benzene rings is 2. The van der Waals surface area contributed by atoms with Crippen LogP contribution in [0.2, 0.25) is 10.0 Å². The number of halogens is 2. The summed E-state index contributed by atoms with van der Waals surface area (Å²) >= 11 is 11.9. The van der Waals surface area contributed by atoms with Gasteiger partial charge in [-0.05, 0) is 42.0 Å². The summed E-state index contributed by atoms with van der Waals surface area (Å²) in [4.78, 5) is 34.7. The monoisotopic (exact) mass is 391 g/mol. The number of anilines is 1. The molecule has 0 radical (unpaired) electrons. The van der Waals surface area contributed by atoms with Crippen LogP contribution in [0, 0.1) is 0 Å². The predicted octanol–water partition coefficient (Wildman–Crippen LogP) is 4.39. The summed E-state index contributed by atoms with van der Waals surface area (Å²) in [5, 5.41) is 3.30. The van der Waals surface area contributed by atoms with Crippen molar-refractivity contribution in [1.29, 1.82) is 0 Å². The second-order valence-electron chi connectivity index (χ2n) is 5.27. The van der Waals surface area contributed by atoms with Crippen molar-refractivity contribution in [2.24, 2.45) is 0 Å². The van der Waals surface area contributed by atoms with Gasteiger partial charge in [0.05, 0.1) is 10.0 Å². The van der Waals surface area contributed by atoms with Gasteiger partial charge in [-0.3, -0.25) is 9.59 Å². The lowest BCUT2D eigenvalue weighted by Gasteiger charge is -2.05. The van der Waals surface area contributed by atoms with Gasteiger partial charge >= 0.3 is 5.97 Å². The van der Waals surface area contributed by atoms with E-state index in [-0.39, 0.29) is 11.7 Å². The lowest BCUT2D eigenvalue weighted by Crippen LogP contribution is -2.13. The number of hydrogen-bond acceptors (Lipinski definition) is 4. The van der Waals surface area contributed by atoms with Gasteiger partial charge in [0.15, 0.2) is 12.4 Å². The van der Waals surface area contributed by atoms with E-state index in [4.69, 9.17) is 27.9 Å². The molecule has 5 nitrogen and oxygen atoms in total. The Morgan fingerprint density at radius 2 is 1.77 bits per heavy atom. The summed E-state index contributed by atoms with van der Waals surface area (Å²) in [5.74, 6) is -1.24. The van der Waals surface area contributed by atoms with Crippen molar-refractivity contribution >= 4 is 52.6 Å². The predicted molar refractivity (Wildman–Crippen MR) is 102 cm³/mol. The Hall–Kier alpha value is -2.63. The maximum atomic E-state index is 12.0. The first-order chi connectivity index (χ1) is 12.4. The van der Waals surface area contributed by atoms with Crippen LogP contribution in [0.15, 0.2) is 48.5 Å². The second kappa shape index (κ2) is 9.17. The quantitative estimate of drug-likeness (QED) is 0.450. The van der Waals surface area contributed by atoms with Crippen molar-refractivity contribution in [3.8, 4) is 0 Å². The highest BCUT2D eigenvalue weighted by Gasteiger charge is 2.09. The molecule has 0 atom stereocenters. The third-order valence-electron chi connectivity index (χ3n) is 3.25. The lowest BCUT2D eigenvalue weighted by atomic mass is 10.1. The Labute approximate surface area is 160 Å². The minimum absolute atomic E-state index is 0.204. The van der Waals surface area contributed by atoms with Crippen molar-refractivity contribution in [3.05, 3.63) is 69.7 Å². The Kier molecular flexibility index (Phi) is 6.95. The molecule has 1 amide bonds. The smallest absolute Gasteiger partial charge is 0.331 e. The molecule has 2 aromatic rings. The highest BCUT2D eigenvalue weighted by molar-refractivity contribution is 6.42. The van der Waals surface area contributed by atoms with E-state index in [0.29, 0.717) is 26.9 Å². The minimum atomic E-state index is -0.677. The lowest BCUT2D eigenvalue weighted by molar-refractivity contribution is -0.136. The Morgan fingerprint density at radius 1 is 1.08 bits per heavy atom. The largest absolute Gasteiger partial charge is 0.454 e. The van der Waals surface area contributed by atoms with Crippen LogP contribution in [0.25, 0.3) is 6.08 Å². The van der Waals surface area contributed by atoms with E-state index >= 15 is 0 Å². The molecule has 0 aliphatic heterocycles. The summed E-state index contributed by atoms with van der Waals surface area (Å²) in [6.45, 7) is 0.995. The molecule has 7 heteroatoms. The molecule has 0 unspecified atom stereocenters. The molecule has 26 heavy (non-hydrogen) atoms. The van der Waals surface area contributed by atoms with E-state index < -0.39 is 12.6 Å². The molecule has 1 N–H and O–H groups in total. The van der Waals surface area contributed by atoms with Gasteiger partial charge in [0.2, 0.25) is 5.91 Å². The fourth-order valence-electron chi connectivity index (χ4n) is 2.02. The van der Waals surface area contributed by atoms with Crippen molar-refractivity contribution in [2.45, 2.75) is 6.92 Å². The molecule has 0 saturated heterocycles. The van der Waals surface area contributed by atoms with Crippen LogP contribution in [0.4, 0.5) is 5.69 Å². The number of hydrogen-bond donors (Lipinski definition) is 1. The average Bonchev–Trinajstić information content (AvgIpc) is 2.61. The summed E-state index contributed by atoms with van der Waals surface area (Å²) in [6, 6.07) is 11.3. The molecule has 0 heterocycles.